The van der Waals surface area contributed by atoms with Crippen LogP contribution in [0.4, 0.5) is 0 Å². The van der Waals surface area contributed by atoms with Gasteiger partial charge in [-0.2, -0.15) is 0 Å². The summed E-state index contributed by atoms with van der Waals surface area (Å²) in [4.78, 5) is 45.0. The molecule has 0 heterocycles. The van der Waals surface area contributed by atoms with Gasteiger partial charge >= 0.3 is 5.97 Å². The van der Waals surface area contributed by atoms with Crippen LogP contribution in [0.2, 0.25) is 0 Å². The summed E-state index contributed by atoms with van der Waals surface area (Å²) in [7, 11) is 0. The molecule has 10 heteroatoms. The highest BCUT2D eigenvalue weighted by molar-refractivity contribution is 5.91. The molecule has 0 aliphatic carbocycles. The second-order valence-electron chi connectivity index (χ2n) is 4.90. The van der Waals surface area contributed by atoms with Gasteiger partial charge in [0, 0.05) is 6.42 Å². The molecule has 0 saturated carbocycles. The fourth-order valence-corrected chi connectivity index (χ4v) is 1.43. The molecular formula is C12H22N4O6. The Balaban J connectivity index is 4.57. The largest absolute Gasteiger partial charge is 0.480 e. The molecule has 8 N–H and O–H groups in total. The Kier molecular flexibility index (Phi) is 8.05. The number of aliphatic carboxylic acids is 1. The summed E-state index contributed by atoms with van der Waals surface area (Å²) in [5, 5.41) is 22.6. The first kappa shape index (κ1) is 19.8. The quantitative estimate of drug-likeness (QED) is 0.262. The second kappa shape index (κ2) is 8.95. The number of nitrogens with one attached hydrogen (secondary N) is 2. The van der Waals surface area contributed by atoms with Gasteiger partial charge in [0.15, 0.2) is 0 Å². The van der Waals surface area contributed by atoms with Crippen molar-refractivity contribution in [1.29, 1.82) is 0 Å². The molecule has 4 unspecified atom stereocenters. The lowest BCUT2D eigenvalue weighted by Crippen LogP contribution is -2.55. The minimum atomic E-state index is -1.33. The number of aliphatic hydroxyl groups excluding tert-OH is 1. The zero-order chi connectivity index (χ0) is 17.4. The lowest BCUT2D eigenvalue weighted by Gasteiger charge is -2.20. The van der Waals surface area contributed by atoms with Gasteiger partial charge in [0.25, 0.3) is 0 Å². The topological polar surface area (TPSA) is 185 Å². The first-order valence-corrected chi connectivity index (χ1v) is 6.61. The fourth-order valence-electron chi connectivity index (χ4n) is 1.43. The predicted molar refractivity (Wildman–Crippen MR) is 75.3 cm³/mol. The van der Waals surface area contributed by atoms with Crippen LogP contribution in [-0.2, 0) is 19.2 Å². The Morgan fingerprint density at radius 3 is 2.05 bits per heavy atom. The molecule has 0 radical (unpaired) electrons. The predicted octanol–water partition coefficient (Wildman–Crippen LogP) is -2.97. The van der Waals surface area contributed by atoms with Crippen molar-refractivity contribution >= 4 is 23.7 Å². The van der Waals surface area contributed by atoms with Crippen LogP contribution < -0.4 is 22.1 Å². The van der Waals surface area contributed by atoms with Crippen LogP contribution in [0.5, 0.6) is 0 Å². The molecule has 0 aromatic heterocycles. The number of primary amides is 1. The van der Waals surface area contributed by atoms with Gasteiger partial charge in [0.05, 0.1) is 6.10 Å². The molecule has 0 bridgehead atoms. The molecule has 0 aromatic carbocycles. The maximum atomic E-state index is 11.8. The summed E-state index contributed by atoms with van der Waals surface area (Å²) in [6.07, 6.45) is -1.47. The normalized spacial score (nSPS) is 16.0. The third-order valence-electron chi connectivity index (χ3n) is 2.87. The van der Waals surface area contributed by atoms with E-state index >= 15 is 0 Å². The smallest absolute Gasteiger partial charge is 0.326 e. The van der Waals surface area contributed by atoms with Gasteiger partial charge in [0.2, 0.25) is 17.7 Å². The summed E-state index contributed by atoms with van der Waals surface area (Å²) in [6.45, 7) is 2.65. The standard InChI is InChI=1S/C12H22N4O6/c1-5(15-11(20)9(14)6(2)17)10(19)16-7(12(21)22)3-4-8(13)18/h5-7,9,17H,3-4,14H2,1-2H3,(H2,13,18)(H,15,20)(H,16,19)(H,21,22). The van der Waals surface area contributed by atoms with Gasteiger partial charge in [-0.05, 0) is 20.3 Å². The average Bonchev–Trinajstić information content (AvgIpc) is 2.41. The Morgan fingerprint density at radius 2 is 1.64 bits per heavy atom. The van der Waals surface area contributed by atoms with Gasteiger partial charge in [-0.15, -0.1) is 0 Å². The average molecular weight is 318 g/mol. The van der Waals surface area contributed by atoms with Gasteiger partial charge in [-0.25, -0.2) is 4.79 Å². The van der Waals surface area contributed by atoms with Crippen LogP contribution in [0.1, 0.15) is 26.7 Å². The van der Waals surface area contributed by atoms with E-state index in [0.717, 1.165) is 0 Å². The van der Waals surface area contributed by atoms with E-state index in [1.807, 2.05) is 0 Å². The summed E-state index contributed by atoms with van der Waals surface area (Å²) in [5.41, 5.74) is 10.3. The number of aliphatic hydroxyl groups is 1. The van der Waals surface area contributed by atoms with Gasteiger partial charge < -0.3 is 32.3 Å². The molecule has 0 aromatic rings. The van der Waals surface area contributed by atoms with Crippen molar-refractivity contribution in [3.63, 3.8) is 0 Å². The highest BCUT2D eigenvalue weighted by atomic mass is 16.4. The number of rotatable bonds is 9. The Morgan fingerprint density at radius 1 is 1.09 bits per heavy atom. The van der Waals surface area contributed by atoms with E-state index in [1.54, 1.807) is 0 Å². The van der Waals surface area contributed by atoms with Crippen LogP contribution in [0, 0.1) is 0 Å². The van der Waals surface area contributed by atoms with Crippen molar-refractivity contribution in [3.8, 4) is 0 Å². The summed E-state index contributed by atoms with van der Waals surface area (Å²) >= 11 is 0. The molecule has 10 nitrogen and oxygen atoms in total. The molecule has 0 rings (SSSR count). The molecule has 0 spiro atoms. The first-order valence-electron chi connectivity index (χ1n) is 6.61. The fraction of sp³-hybridized carbons (Fsp3) is 0.667. The zero-order valence-electron chi connectivity index (χ0n) is 12.4. The maximum Gasteiger partial charge on any atom is 0.326 e. The van der Waals surface area contributed by atoms with Crippen LogP contribution >= 0.6 is 0 Å². The van der Waals surface area contributed by atoms with E-state index in [9.17, 15) is 24.3 Å². The lowest BCUT2D eigenvalue weighted by atomic mass is 10.1. The Labute approximate surface area is 127 Å². The molecule has 3 amide bonds. The molecule has 0 fully saturated rings. The van der Waals surface area contributed by atoms with E-state index in [0.29, 0.717) is 0 Å². The first-order chi connectivity index (χ1) is 10.1. The van der Waals surface area contributed by atoms with Crippen LogP contribution in [0.15, 0.2) is 0 Å². The van der Waals surface area contributed by atoms with E-state index in [-0.39, 0.29) is 12.8 Å². The number of carbonyl (C=O) groups excluding carboxylic acids is 3. The van der Waals surface area contributed by atoms with Crippen molar-refractivity contribution in [2.75, 3.05) is 0 Å². The summed E-state index contributed by atoms with van der Waals surface area (Å²) in [5.74, 6) is -3.52. The molecule has 4 atom stereocenters. The summed E-state index contributed by atoms with van der Waals surface area (Å²) < 4.78 is 0. The van der Waals surface area contributed by atoms with E-state index in [1.165, 1.54) is 13.8 Å². The number of carboxylic acids is 1. The highest BCUT2D eigenvalue weighted by Gasteiger charge is 2.26. The molecule has 0 saturated heterocycles. The van der Waals surface area contributed by atoms with Gasteiger partial charge in [-0.1, -0.05) is 0 Å². The third-order valence-corrected chi connectivity index (χ3v) is 2.87. The Bertz CT molecular complexity index is 439. The number of nitrogens with two attached hydrogens (primary N) is 2. The minimum Gasteiger partial charge on any atom is -0.480 e. The minimum absolute atomic E-state index is 0.162. The van der Waals surface area contributed by atoms with Crippen LogP contribution in [-0.4, -0.2) is 58.1 Å². The second-order valence-corrected chi connectivity index (χ2v) is 4.90. The maximum absolute atomic E-state index is 11.8. The van der Waals surface area contributed by atoms with Gasteiger partial charge in [-0.3, -0.25) is 14.4 Å². The van der Waals surface area contributed by atoms with Crippen molar-refractivity contribution < 1.29 is 29.4 Å². The molecular weight excluding hydrogens is 296 g/mol. The van der Waals surface area contributed by atoms with Crippen molar-refractivity contribution in [3.05, 3.63) is 0 Å². The van der Waals surface area contributed by atoms with E-state index < -0.39 is 47.9 Å². The number of carboxylic acid groups (broad SMARTS) is 1. The third kappa shape index (κ3) is 6.99. The van der Waals surface area contributed by atoms with Gasteiger partial charge in [0.1, 0.15) is 18.1 Å². The number of hydrogen-bond donors (Lipinski definition) is 6. The zero-order valence-corrected chi connectivity index (χ0v) is 12.4. The number of carbonyl (C=O) groups is 4. The highest BCUT2D eigenvalue weighted by Crippen LogP contribution is 1.99. The van der Waals surface area contributed by atoms with Crippen molar-refractivity contribution in [1.82, 2.24) is 10.6 Å². The van der Waals surface area contributed by atoms with Crippen LogP contribution in [0.25, 0.3) is 0 Å². The molecule has 126 valence electrons. The lowest BCUT2D eigenvalue weighted by molar-refractivity contribution is -0.142. The molecule has 0 aliphatic rings. The monoisotopic (exact) mass is 318 g/mol. The molecule has 0 aliphatic heterocycles. The van der Waals surface area contributed by atoms with Crippen molar-refractivity contribution in [2.24, 2.45) is 11.5 Å². The SMILES string of the molecule is CC(NC(=O)C(N)C(C)O)C(=O)NC(CCC(N)=O)C(=O)O. The molecule has 22 heavy (non-hydrogen) atoms. The van der Waals surface area contributed by atoms with E-state index in [4.69, 9.17) is 16.6 Å². The number of amides is 3. The Hall–Kier alpha value is -2.20. The number of hydrogen-bond acceptors (Lipinski definition) is 6. The summed E-state index contributed by atoms with van der Waals surface area (Å²) in [6, 6.07) is -3.57. The van der Waals surface area contributed by atoms with E-state index in [2.05, 4.69) is 10.6 Å². The van der Waals surface area contributed by atoms with Crippen LogP contribution in [0.3, 0.4) is 0 Å². The van der Waals surface area contributed by atoms with Crippen molar-refractivity contribution in [2.45, 2.75) is 50.9 Å².